The van der Waals surface area contributed by atoms with E-state index in [4.69, 9.17) is 10.7 Å². The maximum atomic E-state index is 6.10. The lowest BCUT2D eigenvalue weighted by atomic mass is 10.0. The smallest absolute Gasteiger partial charge is 0.195 e. The van der Waals surface area contributed by atoms with Crippen LogP contribution < -0.4 is 5.73 Å². The second-order valence-corrected chi connectivity index (χ2v) is 6.85. The zero-order valence-electron chi connectivity index (χ0n) is 13.8. The molecule has 0 saturated heterocycles. The van der Waals surface area contributed by atoms with Crippen LogP contribution in [0.1, 0.15) is 16.8 Å². The number of rotatable bonds is 3. The van der Waals surface area contributed by atoms with Gasteiger partial charge in [0.05, 0.1) is 17.1 Å². The maximum absolute atomic E-state index is 6.10. The number of aromatic nitrogens is 2. The van der Waals surface area contributed by atoms with E-state index >= 15 is 0 Å². The molecular formula is C20H19N3S. The highest BCUT2D eigenvalue weighted by molar-refractivity contribution is 7.15. The van der Waals surface area contributed by atoms with E-state index in [1.165, 1.54) is 16.7 Å². The highest BCUT2D eigenvalue weighted by Crippen LogP contribution is 2.33. The summed E-state index contributed by atoms with van der Waals surface area (Å²) in [6, 6.07) is 16.8. The molecule has 0 aliphatic heterocycles. The Kier molecular flexibility index (Phi) is 3.71. The average Bonchev–Trinajstić information content (AvgIpc) is 3.17. The Bertz CT molecular complexity index is 1010. The molecule has 4 aromatic rings. The molecule has 2 N–H and O–H groups in total. The molecule has 0 unspecified atom stereocenters. The largest absolute Gasteiger partial charge is 0.325 e. The van der Waals surface area contributed by atoms with E-state index < -0.39 is 0 Å². The summed E-state index contributed by atoms with van der Waals surface area (Å²) >= 11 is 1.66. The molecule has 3 nitrogen and oxygen atoms in total. The average molecular weight is 333 g/mol. The Morgan fingerprint density at radius 3 is 2.50 bits per heavy atom. The fourth-order valence-corrected chi connectivity index (χ4v) is 3.95. The number of benzene rings is 2. The van der Waals surface area contributed by atoms with Crippen molar-refractivity contribution in [3.8, 4) is 22.5 Å². The van der Waals surface area contributed by atoms with E-state index in [1.54, 1.807) is 11.3 Å². The molecule has 0 amide bonds. The molecule has 0 atom stereocenters. The second kappa shape index (κ2) is 5.89. The first-order valence-electron chi connectivity index (χ1n) is 8.01. The molecule has 2 aromatic carbocycles. The summed E-state index contributed by atoms with van der Waals surface area (Å²) in [4.78, 5) is 5.83. The minimum absolute atomic E-state index is 0.458. The Morgan fingerprint density at radius 1 is 1.00 bits per heavy atom. The van der Waals surface area contributed by atoms with Crippen LogP contribution in [0.15, 0.2) is 53.9 Å². The van der Waals surface area contributed by atoms with Crippen LogP contribution in [-0.4, -0.2) is 9.38 Å². The van der Waals surface area contributed by atoms with E-state index in [2.05, 4.69) is 54.0 Å². The van der Waals surface area contributed by atoms with Gasteiger partial charge in [-0.15, -0.1) is 11.3 Å². The summed E-state index contributed by atoms with van der Waals surface area (Å²) < 4.78 is 2.21. The van der Waals surface area contributed by atoms with Crippen molar-refractivity contribution in [2.75, 3.05) is 0 Å². The third-order valence-corrected chi connectivity index (χ3v) is 5.33. The van der Waals surface area contributed by atoms with Crippen LogP contribution in [0, 0.1) is 13.8 Å². The van der Waals surface area contributed by atoms with Gasteiger partial charge in [0.15, 0.2) is 4.96 Å². The lowest BCUT2D eigenvalue weighted by Crippen LogP contribution is -2.03. The van der Waals surface area contributed by atoms with Crippen LogP contribution in [0.2, 0.25) is 0 Å². The second-order valence-electron chi connectivity index (χ2n) is 6.02. The van der Waals surface area contributed by atoms with Crippen LogP contribution in [0.3, 0.4) is 0 Å². The monoisotopic (exact) mass is 333 g/mol. The fourth-order valence-electron chi connectivity index (χ4n) is 3.03. The molecule has 0 fully saturated rings. The number of nitrogens with two attached hydrogens (primary N) is 1. The number of thiazole rings is 1. The van der Waals surface area contributed by atoms with E-state index in [9.17, 15) is 0 Å². The summed E-state index contributed by atoms with van der Waals surface area (Å²) in [7, 11) is 0. The highest BCUT2D eigenvalue weighted by atomic mass is 32.1. The van der Waals surface area contributed by atoms with Gasteiger partial charge in [0.1, 0.15) is 0 Å². The summed E-state index contributed by atoms with van der Waals surface area (Å²) in [5.74, 6) is 0. The van der Waals surface area contributed by atoms with Crippen molar-refractivity contribution in [1.29, 1.82) is 0 Å². The highest BCUT2D eigenvalue weighted by Gasteiger charge is 2.17. The lowest BCUT2D eigenvalue weighted by Gasteiger charge is -2.07. The first-order valence-corrected chi connectivity index (χ1v) is 8.89. The third kappa shape index (κ3) is 2.35. The Hall–Kier alpha value is -2.43. The zero-order valence-corrected chi connectivity index (χ0v) is 14.6. The van der Waals surface area contributed by atoms with Crippen molar-refractivity contribution in [3.63, 3.8) is 0 Å². The summed E-state index contributed by atoms with van der Waals surface area (Å²) in [5, 5.41) is 2.17. The van der Waals surface area contributed by atoms with Gasteiger partial charge in [0, 0.05) is 17.5 Å². The number of nitrogens with zero attached hydrogens (tertiary/aromatic N) is 2. The molecule has 24 heavy (non-hydrogen) atoms. The lowest BCUT2D eigenvalue weighted by molar-refractivity contribution is 0.973. The standard InChI is InChI=1S/C20H19N3S/c1-13-8-9-16(10-14(13)2)18-12-24-20-22-19(17(11-21)23(18)20)15-6-4-3-5-7-15/h3-10,12H,11,21H2,1-2H3. The minimum atomic E-state index is 0.458. The normalized spacial score (nSPS) is 11.3. The molecule has 4 rings (SSSR count). The van der Waals surface area contributed by atoms with E-state index in [0.29, 0.717) is 6.54 Å². The number of hydrogen-bond acceptors (Lipinski definition) is 3. The predicted molar refractivity (Wildman–Crippen MR) is 101 cm³/mol. The van der Waals surface area contributed by atoms with Gasteiger partial charge in [-0.3, -0.25) is 4.40 Å². The van der Waals surface area contributed by atoms with Crippen molar-refractivity contribution in [2.24, 2.45) is 5.73 Å². The van der Waals surface area contributed by atoms with Gasteiger partial charge in [-0.2, -0.15) is 0 Å². The van der Waals surface area contributed by atoms with Gasteiger partial charge in [0.2, 0.25) is 0 Å². The molecule has 0 aliphatic rings. The Labute approximate surface area is 145 Å². The fraction of sp³-hybridized carbons (Fsp3) is 0.150. The molecular weight excluding hydrogens is 314 g/mol. The van der Waals surface area contributed by atoms with E-state index in [0.717, 1.165) is 27.6 Å². The molecule has 4 heteroatoms. The quantitative estimate of drug-likeness (QED) is 0.585. The first kappa shape index (κ1) is 15.1. The summed E-state index contributed by atoms with van der Waals surface area (Å²) in [5.41, 5.74) is 14.2. The molecule has 0 aliphatic carbocycles. The molecule has 120 valence electrons. The maximum Gasteiger partial charge on any atom is 0.195 e. The first-order chi connectivity index (χ1) is 11.7. The number of imidazole rings is 1. The molecule has 2 aromatic heterocycles. The van der Waals surface area contributed by atoms with Gasteiger partial charge in [-0.05, 0) is 36.6 Å². The van der Waals surface area contributed by atoms with E-state index in [-0.39, 0.29) is 0 Å². The molecule has 0 spiro atoms. The van der Waals surface area contributed by atoms with Gasteiger partial charge in [0.25, 0.3) is 0 Å². The topological polar surface area (TPSA) is 43.3 Å². The van der Waals surface area contributed by atoms with Crippen LogP contribution >= 0.6 is 11.3 Å². The SMILES string of the molecule is Cc1ccc(-c2csc3nc(-c4ccccc4)c(CN)n23)cc1C. The van der Waals surface area contributed by atoms with Crippen molar-refractivity contribution >= 4 is 16.3 Å². The summed E-state index contributed by atoms with van der Waals surface area (Å²) in [6.07, 6.45) is 0. The van der Waals surface area contributed by atoms with Gasteiger partial charge < -0.3 is 5.73 Å². The third-order valence-electron chi connectivity index (χ3n) is 4.50. The van der Waals surface area contributed by atoms with Crippen LogP contribution in [0.25, 0.3) is 27.5 Å². The van der Waals surface area contributed by atoms with Gasteiger partial charge in [-0.1, -0.05) is 42.5 Å². The van der Waals surface area contributed by atoms with Crippen molar-refractivity contribution < 1.29 is 0 Å². The summed E-state index contributed by atoms with van der Waals surface area (Å²) in [6.45, 7) is 4.74. The van der Waals surface area contributed by atoms with Crippen molar-refractivity contribution in [3.05, 3.63) is 70.7 Å². The van der Waals surface area contributed by atoms with Crippen LogP contribution in [0.4, 0.5) is 0 Å². The van der Waals surface area contributed by atoms with E-state index in [1.807, 2.05) is 18.2 Å². The molecule has 0 saturated carbocycles. The van der Waals surface area contributed by atoms with Gasteiger partial charge in [-0.25, -0.2) is 4.98 Å². The van der Waals surface area contributed by atoms with Crippen LogP contribution in [-0.2, 0) is 6.54 Å². The van der Waals surface area contributed by atoms with Crippen molar-refractivity contribution in [2.45, 2.75) is 20.4 Å². The molecule has 2 heterocycles. The molecule has 0 radical (unpaired) electrons. The van der Waals surface area contributed by atoms with Crippen LogP contribution in [0.5, 0.6) is 0 Å². The number of aryl methyl sites for hydroxylation is 2. The minimum Gasteiger partial charge on any atom is -0.325 e. The number of hydrogen-bond donors (Lipinski definition) is 1. The predicted octanol–water partition coefficient (Wildman–Crippen LogP) is 4.81. The Morgan fingerprint density at radius 2 is 1.79 bits per heavy atom. The zero-order chi connectivity index (χ0) is 16.7. The van der Waals surface area contributed by atoms with Crippen molar-refractivity contribution in [1.82, 2.24) is 9.38 Å². The molecule has 0 bridgehead atoms. The Balaban J connectivity index is 1.95. The number of fused-ring (bicyclic) bond motifs is 1. The van der Waals surface area contributed by atoms with Gasteiger partial charge >= 0.3 is 0 Å².